The average Bonchev–Trinajstić information content (AvgIpc) is 3.07. The molecule has 5 N–H and O–H groups in total. The zero-order valence-corrected chi connectivity index (χ0v) is 30.0. The maximum atomic E-state index is 15.4. The number of halogens is 4. The Balaban J connectivity index is 1.63. The third kappa shape index (κ3) is 11.5. The van der Waals surface area contributed by atoms with Crippen LogP contribution in [0.1, 0.15) is 49.8 Å². The van der Waals surface area contributed by atoms with Gasteiger partial charge in [-0.05, 0) is 81.1 Å². The molecule has 284 valence electrons. The molecule has 0 aliphatic rings. The van der Waals surface area contributed by atoms with Gasteiger partial charge in [-0.15, -0.1) is 0 Å². The number of benzene rings is 3. The van der Waals surface area contributed by atoms with Crippen molar-refractivity contribution >= 4 is 27.7 Å². The predicted octanol–water partition coefficient (Wildman–Crippen LogP) is 5.25. The van der Waals surface area contributed by atoms with Crippen molar-refractivity contribution in [2.45, 2.75) is 62.1 Å². The number of ether oxygens (including phenoxy) is 1. The van der Waals surface area contributed by atoms with E-state index in [0.717, 1.165) is 41.6 Å². The Kier molecular flexibility index (Phi) is 13.7. The summed E-state index contributed by atoms with van der Waals surface area (Å²) in [7, 11) is -4.17. The second-order valence-corrected chi connectivity index (χ2v) is 14.9. The summed E-state index contributed by atoms with van der Waals surface area (Å²) in [6.45, 7) is 3.97. The molecule has 2 amide bonds. The van der Waals surface area contributed by atoms with E-state index < -0.39 is 75.5 Å². The van der Waals surface area contributed by atoms with Gasteiger partial charge in [0.25, 0.3) is 0 Å². The first kappa shape index (κ1) is 40.9. The number of carbonyl (C=O) groups excluding carboxylic acids is 2. The number of anilines is 1. The molecule has 0 bridgehead atoms. The number of carbonyl (C=O) groups is 2. The average molecular weight is 760 g/mol. The van der Waals surface area contributed by atoms with Crippen molar-refractivity contribution in [3.05, 3.63) is 125 Å². The molecule has 0 aliphatic carbocycles. The van der Waals surface area contributed by atoms with E-state index in [2.05, 4.69) is 15.0 Å². The number of amides is 2. The minimum Gasteiger partial charge on any atom is -0.444 e. The van der Waals surface area contributed by atoms with Gasteiger partial charge in [0.2, 0.25) is 15.9 Å². The summed E-state index contributed by atoms with van der Waals surface area (Å²) in [4.78, 5) is 31.6. The van der Waals surface area contributed by atoms with E-state index in [-0.39, 0.29) is 53.2 Å². The molecule has 4 rings (SSSR count). The van der Waals surface area contributed by atoms with Gasteiger partial charge in [-0.3, -0.25) is 9.78 Å². The first-order chi connectivity index (χ1) is 25.0. The molecule has 11 nitrogen and oxygen atoms in total. The molecule has 0 aliphatic heterocycles. The highest BCUT2D eigenvalue weighted by molar-refractivity contribution is 7.89. The molecular formula is C37H41F4N5O6S. The van der Waals surface area contributed by atoms with Crippen molar-refractivity contribution in [3.63, 3.8) is 0 Å². The van der Waals surface area contributed by atoms with Crippen LogP contribution < -0.4 is 15.8 Å². The number of nitrogens with one attached hydrogen (secondary N) is 2. The van der Waals surface area contributed by atoms with E-state index in [4.69, 9.17) is 10.5 Å². The zero-order valence-electron chi connectivity index (χ0n) is 29.2. The number of nitrogens with zero attached hydrogens (tertiary/aromatic N) is 2. The molecule has 3 unspecified atom stereocenters. The molecule has 1 heterocycles. The molecule has 53 heavy (non-hydrogen) atoms. The maximum absolute atomic E-state index is 15.4. The number of aromatic nitrogens is 1. The fourth-order valence-corrected chi connectivity index (χ4v) is 6.87. The van der Waals surface area contributed by atoms with Gasteiger partial charge < -0.3 is 25.8 Å². The van der Waals surface area contributed by atoms with Crippen molar-refractivity contribution in [1.82, 2.24) is 14.6 Å². The molecule has 1 aromatic heterocycles. The van der Waals surface area contributed by atoms with Crippen molar-refractivity contribution in [3.8, 4) is 0 Å². The second-order valence-electron chi connectivity index (χ2n) is 13.2. The summed E-state index contributed by atoms with van der Waals surface area (Å²) in [5.41, 5.74) is 5.52. The first-order valence-corrected chi connectivity index (χ1v) is 18.0. The van der Waals surface area contributed by atoms with Crippen LogP contribution in [0.5, 0.6) is 0 Å². The van der Waals surface area contributed by atoms with Crippen LogP contribution in [0.15, 0.2) is 90.1 Å². The van der Waals surface area contributed by atoms with E-state index in [1.807, 2.05) is 0 Å². The minimum atomic E-state index is -4.17. The standard InChI is InChI=1S/C37H41F4N5O6S/c1-37(2,3)52-36(49)46(15-16-47)22-28(45-53(50,51)29-7-5-4-6-8-29)13-14-30-31(41)20-43-21-32(30)44-35(48)34(42)33(23-9-11-25(38)12-10-23)24-17-26(39)19-27(40)18-24/h4-12,17-21,28,33-34,45,47H,13-16,22,42H2,1-3H3,(H,44,48). The molecule has 0 radical (unpaired) electrons. The SMILES string of the molecule is CC(C)(C)OC(=O)N(CCO)CC(CCc1c(F)cncc1NC(=O)C(N)C(c1ccc(F)cc1)c1cc(F)cc(F)c1)NS(=O)(=O)c1ccccc1. The lowest BCUT2D eigenvalue weighted by molar-refractivity contribution is -0.117. The second kappa shape index (κ2) is 17.7. The minimum absolute atomic E-state index is 0.0136. The van der Waals surface area contributed by atoms with E-state index in [1.165, 1.54) is 36.4 Å². The van der Waals surface area contributed by atoms with Gasteiger partial charge in [-0.2, -0.15) is 0 Å². The smallest absolute Gasteiger partial charge is 0.410 e. The van der Waals surface area contributed by atoms with E-state index >= 15 is 4.39 Å². The number of sulfonamides is 1. The molecule has 4 aromatic rings. The van der Waals surface area contributed by atoms with E-state index in [0.29, 0.717) is 6.07 Å². The number of nitrogens with two attached hydrogens (primary N) is 1. The Labute approximate surface area is 305 Å². The van der Waals surface area contributed by atoms with Gasteiger partial charge in [0.15, 0.2) is 0 Å². The quantitative estimate of drug-likeness (QED) is 0.120. The van der Waals surface area contributed by atoms with E-state index in [9.17, 15) is 36.3 Å². The number of aliphatic hydroxyl groups excluding tert-OH is 1. The van der Waals surface area contributed by atoms with Crippen LogP contribution in [0.25, 0.3) is 0 Å². The summed E-state index contributed by atoms with van der Waals surface area (Å²) in [5.74, 6) is -5.40. The third-order valence-corrected chi connectivity index (χ3v) is 9.51. The van der Waals surface area contributed by atoms with Crippen molar-refractivity contribution in [1.29, 1.82) is 0 Å². The van der Waals surface area contributed by atoms with Crippen LogP contribution in [-0.4, -0.2) is 72.8 Å². The van der Waals surface area contributed by atoms with Crippen molar-refractivity contribution in [2.75, 3.05) is 25.0 Å². The predicted molar refractivity (Wildman–Crippen MR) is 189 cm³/mol. The highest BCUT2D eigenvalue weighted by Gasteiger charge is 2.31. The highest BCUT2D eigenvalue weighted by atomic mass is 32.2. The van der Waals surface area contributed by atoms with Crippen molar-refractivity contribution < 1.29 is 45.4 Å². The van der Waals surface area contributed by atoms with Crippen LogP contribution in [0.2, 0.25) is 0 Å². The molecule has 3 atom stereocenters. The molecular weight excluding hydrogens is 718 g/mol. The number of hydrogen-bond acceptors (Lipinski definition) is 8. The van der Waals surface area contributed by atoms with Gasteiger partial charge in [-0.1, -0.05) is 30.3 Å². The largest absolute Gasteiger partial charge is 0.444 e. The monoisotopic (exact) mass is 759 g/mol. The maximum Gasteiger partial charge on any atom is 0.410 e. The highest BCUT2D eigenvalue weighted by Crippen LogP contribution is 2.30. The van der Waals surface area contributed by atoms with E-state index in [1.54, 1.807) is 26.8 Å². The van der Waals surface area contributed by atoms with Crippen LogP contribution in [-0.2, 0) is 26.0 Å². The number of aliphatic hydroxyl groups is 1. The Morgan fingerprint density at radius 2 is 1.57 bits per heavy atom. The Bertz CT molecular complexity index is 1960. The van der Waals surface area contributed by atoms with Crippen LogP contribution >= 0.6 is 0 Å². The zero-order chi connectivity index (χ0) is 38.9. The molecule has 16 heteroatoms. The molecule has 0 spiro atoms. The summed E-state index contributed by atoms with van der Waals surface area (Å²) in [5, 5.41) is 12.2. The lowest BCUT2D eigenvalue weighted by Crippen LogP contribution is -2.48. The van der Waals surface area contributed by atoms with Gasteiger partial charge in [-0.25, -0.2) is 35.5 Å². The Morgan fingerprint density at radius 3 is 2.17 bits per heavy atom. The normalized spacial score (nSPS) is 13.5. The fourth-order valence-electron chi connectivity index (χ4n) is 5.59. The topological polar surface area (TPSA) is 164 Å². The Morgan fingerprint density at radius 1 is 0.925 bits per heavy atom. The van der Waals surface area contributed by atoms with Gasteiger partial charge in [0.1, 0.15) is 28.9 Å². The molecule has 3 aromatic carbocycles. The van der Waals surface area contributed by atoms with Gasteiger partial charge >= 0.3 is 6.09 Å². The first-order valence-electron chi connectivity index (χ1n) is 16.5. The summed E-state index contributed by atoms with van der Waals surface area (Å²) < 4.78 is 92.6. The van der Waals surface area contributed by atoms with Crippen LogP contribution in [0, 0.1) is 23.3 Å². The number of pyridine rings is 1. The van der Waals surface area contributed by atoms with Crippen LogP contribution in [0.3, 0.4) is 0 Å². The third-order valence-electron chi connectivity index (χ3n) is 7.98. The van der Waals surface area contributed by atoms with Gasteiger partial charge in [0.05, 0.1) is 35.6 Å². The number of hydrogen-bond donors (Lipinski definition) is 4. The van der Waals surface area contributed by atoms with Crippen molar-refractivity contribution in [2.24, 2.45) is 5.73 Å². The van der Waals surface area contributed by atoms with Gasteiger partial charge in [0, 0.05) is 36.7 Å². The molecule has 0 saturated carbocycles. The lowest BCUT2D eigenvalue weighted by atomic mass is 9.84. The fraction of sp³-hybridized carbons (Fsp3) is 0.324. The summed E-state index contributed by atoms with van der Waals surface area (Å²) >= 11 is 0. The molecule has 0 saturated heterocycles. The van der Waals surface area contributed by atoms with Crippen LogP contribution in [0.4, 0.5) is 28.0 Å². The lowest BCUT2D eigenvalue weighted by Gasteiger charge is -2.30. The summed E-state index contributed by atoms with van der Waals surface area (Å²) in [6.07, 6.45) is 0.886. The Hall–Kier alpha value is -4.90. The molecule has 0 fully saturated rings. The number of rotatable bonds is 15. The summed E-state index contributed by atoms with van der Waals surface area (Å²) in [6, 6.07) is 12.3.